The summed E-state index contributed by atoms with van der Waals surface area (Å²) in [6.07, 6.45) is 3.93. The van der Waals surface area contributed by atoms with Crippen molar-refractivity contribution < 1.29 is 0 Å². The Morgan fingerprint density at radius 3 is 2.25 bits per heavy atom. The van der Waals surface area contributed by atoms with Crippen molar-refractivity contribution in [1.82, 2.24) is 15.5 Å². The largest absolute Gasteiger partial charge is 0.343 e. The number of guanidine groups is 1. The van der Waals surface area contributed by atoms with Crippen LogP contribution in [-0.2, 0) is 0 Å². The number of nitrogens with zero attached hydrogens (tertiary/aromatic N) is 2. The van der Waals surface area contributed by atoms with E-state index < -0.39 is 0 Å². The number of hydrogen-bond donors (Lipinski definition) is 2. The van der Waals surface area contributed by atoms with Crippen LogP contribution >= 0.6 is 0 Å². The standard InChI is InChI=1S/C12H24N4/c1-11(2)13-10(14-12(3,4)15-11)16-8-6-5-7-9-16/h15H,5-9H2,1-4H3,(H,13,14). The third-order valence-electron chi connectivity index (χ3n) is 3.08. The van der Waals surface area contributed by atoms with E-state index in [4.69, 9.17) is 4.99 Å². The molecule has 0 atom stereocenters. The van der Waals surface area contributed by atoms with Gasteiger partial charge in [-0.05, 0) is 47.0 Å². The molecule has 16 heavy (non-hydrogen) atoms. The van der Waals surface area contributed by atoms with Crippen LogP contribution in [0.15, 0.2) is 4.99 Å². The Bertz CT molecular complexity index is 287. The predicted molar refractivity (Wildman–Crippen MR) is 67.3 cm³/mol. The smallest absolute Gasteiger partial charge is 0.197 e. The third kappa shape index (κ3) is 2.67. The number of piperidine rings is 1. The lowest BCUT2D eigenvalue weighted by molar-refractivity contribution is 0.209. The molecule has 1 saturated heterocycles. The molecule has 4 heteroatoms. The Hall–Kier alpha value is -0.770. The Morgan fingerprint density at radius 2 is 1.69 bits per heavy atom. The lowest BCUT2D eigenvalue weighted by atomic mass is 10.1. The van der Waals surface area contributed by atoms with Crippen molar-refractivity contribution in [2.24, 2.45) is 4.99 Å². The maximum atomic E-state index is 4.75. The summed E-state index contributed by atoms with van der Waals surface area (Å²) < 4.78 is 0. The molecule has 0 radical (unpaired) electrons. The summed E-state index contributed by atoms with van der Waals surface area (Å²) in [5.74, 6) is 1.06. The van der Waals surface area contributed by atoms with Crippen LogP contribution < -0.4 is 10.6 Å². The van der Waals surface area contributed by atoms with Gasteiger partial charge in [-0.25, -0.2) is 4.99 Å². The van der Waals surface area contributed by atoms with Crippen molar-refractivity contribution in [3.63, 3.8) is 0 Å². The summed E-state index contributed by atoms with van der Waals surface area (Å²) >= 11 is 0. The first-order valence-electron chi connectivity index (χ1n) is 6.30. The van der Waals surface area contributed by atoms with Gasteiger partial charge in [0, 0.05) is 13.1 Å². The summed E-state index contributed by atoms with van der Waals surface area (Å²) in [7, 11) is 0. The number of hydrogen-bond acceptors (Lipinski definition) is 4. The summed E-state index contributed by atoms with van der Waals surface area (Å²) in [5.41, 5.74) is -0.264. The van der Waals surface area contributed by atoms with Gasteiger partial charge in [0.15, 0.2) is 5.96 Å². The number of aliphatic imine (C=N–C) groups is 1. The lowest BCUT2D eigenvalue weighted by Crippen LogP contribution is -2.67. The zero-order valence-corrected chi connectivity index (χ0v) is 10.9. The van der Waals surface area contributed by atoms with Crippen LogP contribution in [-0.4, -0.2) is 35.3 Å². The molecule has 0 aromatic carbocycles. The van der Waals surface area contributed by atoms with Gasteiger partial charge in [0.1, 0.15) is 5.66 Å². The molecule has 0 aromatic heterocycles. The highest BCUT2D eigenvalue weighted by atomic mass is 15.4. The minimum atomic E-state index is -0.179. The normalized spacial score (nSPS) is 28.2. The fourth-order valence-electron chi connectivity index (χ4n) is 2.65. The molecule has 0 unspecified atom stereocenters. The molecular weight excluding hydrogens is 200 g/mol. The molecule has 1 fully saturated rings. The number of rotatable bonds is 0. The van der Waals surface area contributed by atoms with Crippen LogP contribution in [0.5, 0.6) is 0 Å². The minimum absolute atomic E-state index is 0.0853. The molecule has 92 valence electrons. The summed E-state index contributed by atoms with van der Waals surface area (Å²) in [6, 6.07) is 0. The van der Waals surface area contributed by atoms with Crippen LogP contribution in [0, 0.1) is 0 Å². The van der Waals surface area contributed by atoms with Crippen LogP contribution in [0.2, 0.25) is 0 Å². The molecule has 2 N–H and O–H groups in total. The zero-order chi connectivity index (χ0) is 11.8. The molecule has 2 aliphatic rings. The Kier molecular flexibility index (Phi) is 2.86. The van der Waals surface area contributed by atoms with E-state index in [1.54, 1.807) is 0 Å². The summed E-state index contributed by atoms with van der Waals surface area (Å²) in [5, 5.41) is 6.96. The van der Waals surface area contributed by atoms with E-state index in [1.165, 1.54) is 19.3 Å². The van der Waals surface area contributed by atoms with Gasteiger partial charge in [-0.1, -0.05) is 0 Å². The van der Waals surface area contributed by atoms with E-state index in [9.17, 15) is 0 Å². The van der Waals surface area contributed by atoms with Crippen molar-refractivity contribution in [1.29, 1.82) is 0 Å². The maximum absolute atomic E-state index is 4.75. The second kappa shape index (κ2) is 3.91. The number of nitrogens with one attached hydrogen (secondary N) is 2. The zero-order valence-electron chi connectivity index (χ0n) is 10.9. The highest BCUT2D eigenvalue weighted by molar-refractivity contribution is 5.81. The SMILES string of the molecule is CC1(C)N=C(N2CCCCC2)NC(C)(C)N1. The molecule has 4 nitrogen and oxygen atoms in total. The second-order valence-electron chi connectivity index (χ2n) is 5.92. The highest BCUT2D eigenvalue weighted by Gasteiger charge is 2.34. The molecular formula is C12H24N4. The van der Waals surface area contributed by atoms with Gasteiger partial charge < -0.3 is 10.2 Å². The van der Waals surface area contributed by atoms with E-state index >= 15 is 0 Å². The van der Waals surface area contributed by atoms with E-state index in [1.807, 2.05) is 0 Å². The Balaban J connectivity index is 2.16. The first-order valence-corrected chi connectivity index (χ1v) is 6.30. The first-order chi connectivity index (χ1) is 7.38. The van der Waals surface area contributed by atoms with Crippen molar-refractivity contribution in [3.8, 4) is 0 Å². The van der Waals surface area contributed by atoms with E-state index in [0.29, 0.717) is 0 Å². The van der Waals surface area contributed by atoms with Gasteiger partial charge in [-0.15, -0.1) is 0 Å². The van der Waals surface area contributed by atoms with E-state index in [2.05, 4.69) is 43.2 Å². The average Bonchev–Trinajstić information content (AvgIpc) is 2.14. The monoisotopic (exact) mass is 224 g/mol. The van der Waals surface area contributed by atoms with Crippen LogP contribution in [0.4, 0.5) is 0 Å². The van der Waals surface area contributed by atoms with Crippen molar-refractivity contribution in [2.75, 3.05) is 13.1 Å². The Morgan fingerprint density at radius 1 is 1.06 bits per heavy atom. The second-order valence-corrected chi connectivity index (χ2v) is 5.92. The molecule has 0 spiro atoms. The van der Waals surface area contributed by atoms with Gasteiger partial charge in [0.2, 0.25) is 0 Å². The van der Waals surface area contributed by atoms with Gasteiger partial charge in [0.05, 0.1) is 5.66 Å². The fraction of sp³-hybridized carbons (Fsp3) is 0.917. The molecule has 0 saturated carbocycles. The summed E-state index contributed by atoms with van der Waals surface area (Å²) in [4.78, 5) is 7.14. The van der Waals surface area contributed by atoms with Gasteiger partial charge >= 0.3 is 0 Å². The van der Waals surface area contributed by atoms with Crippen LogP contribution in [0.1, 0.15) is 47.0 Å². The minimum Gasteiger partial charge on any atom is -0.343 e. The topological polar surface area (TPSA) is 39.7 Å². The van der Waals surface area contributed by atoms with Gasteiger partial charge in [-0.3, -0.25) is 5.32 Å². The highest BCUT2D eigenvalue weighted by Crippen LogP contribution is 2.18. The van der Waals surface area contributed by atoms with E-state index in [0.717, 1.165) is 19.0 Å². The van der Waals surface area contributed by atoms with Crippen LogP contribution in [0.25, 0.3) is 0 Å². The first kappa shape index (κ1) is 11.7. The maximum Gasteiger partial charge on any atom is 0.197 e. The van der Waals surface area contributed by atoms with Crippen molar-refractivity contribution in [2.45, 2.75) is 58.3 Å². The van der Waals surface area contributed by atoms with Gasteiger partial charge in [0.25, 0.3) is 0 Å². The lowest BCUT2D eigenvalue weighted by Gasteiger charge is -2.44. The van der Waals surface area contributed by atoms with Crippen LogP contribution in [0.3, 0.4) is 0 Å². The van der Waals surface area contributed by atoms with Crippen molar-refractivity contribution >= 4 is 5.96 Å². The van der Waals surface area contributed by atoms with Crippen molar-refractivity contribution in [3.05, 3.63) is 0 Å². The molecule has 0 aliphatic carbocycles. The predicted octanol–water partition coefficient (Wildman–Crippen LogP) is 1.49. The van der Waals surface area contributed by atoms with E-state index in [-0.39, 0.29) is 11.3 Å². The molecule has 2 rings (SSSR count). The fourth-order valence-corrected chi connectivity index (χ4v) is 2.65. The molecule has 0 bridgehead atoms. The molecule has 2 aliphatic heterocycles. The molecule has 0 aromatic rings. The summed E-state index contributed by atoms with van der Waals surface area (Å²) in [6.45, 7) is 10.8. The Labute approximate surface area is 98.5 Å². The average molecular weight is 224 g/mol. The molecule has 2 heterocycles. The number of likely N-dealkylation sites (tertiary alicyclic amines) is 1. The third-order valence-corrected chi connectivity index (χ3v) is 3.08. The quantitative estimate of drug-likeness (QED) is 0.655. The van der Waals surface area contributed by atoms with Gasteiger partial charge in [-0.2, -0.15) is 0 Å². The molecule has 0 amide bonds.